The van der Waals surface area contributed by atoms with Crippen LogP contribution in [-0.4, -0.2) is 22.7 Å². The molecule has 0 radical (unpaired) electrons. The molecular formula is C19H18FNO3. The molecule has 2 N–H and O–H groups in total. The van der Waals surface area contributed by atoms with Crippen molar-refractivity contribution in [2.24, 2.45) is 0 Å². The molecule has 4 nitrogen and oxygen atoms in total. The molecule has 1 fully saturated rings. The average molecular weight is 327 g/mol. The van der Waals surface area contributed by atoms with Crippen molar-refractivity contribution in [1.29, 1.82) is 0 Å². The highest BCUT2D eigenvalue weighted by Gasteiger charge is 2.33. The van der Waals surface area contributed by atoms with Crippen molar-refractivity contribution in [1.82, 2.24) is 5.32 Å². The van der Waals surface area contributed by atoms with Crippen LogP contribution in [0.5, 0.6) is 0 Å². The minimum atomic E-state index is -1.18. The highest BCUT2D eigenvalue weighted by Crippen LogP contribution is 2.28. The Morgan fingerprint density at radius 2 is 2.29 bits per heavy atom. The maximum atomic E-state index is 13.2. The normalized spacial score (nSPS) is 23.2. The summed E-state index contributed by atoms with van der Waals surface area (Å²) in [5, 5.41) is 13.6. The maximum absolute atomic E-state index is 13.2. The summed E-state index contributed by atoms with van der Waals surface area (Å²) in [7, 11) is 0. The molecule has 2 aromatic rings. The van der Waals surface area contributed by atoms with Gasteiger partial charge in [-0.25, -0.2) is 4.39 Å². The van der Waals surface area contributed by atoms with Crippen LogP contribution in [0.25, 0.3) is 0 Å². The van der Waals surface area contributed by atoms with Gasteiger partial charge in [-0.05, 0) is 43.5 Å². The first kappa shape index (κ1) is 16.3. The maximum Gasteiger partial charge on any atom is 0.254 e. The monoisotopic (exact) mass is 327 g/mol. The highest BCUT2D eigenvalue weighted by molar-refractivity contribution is 5.93. The minimum Gasteiger partial charge on any atom is -0.472 e. The molecule has 1 heterocycles. The van der Waals surface area contributed by atoms with Crippen LogP contribution in [0, 0.1) is 17.7 Å². The van der Waals surface area contributed by atoms with Gasteiger partial charge in [-0.1, -0.05) is 17.9 Å². The molecule has 0 saturated heterocycles. The number of carbonyl (C=O) groups is 1. The summed E-state index contributed by atoms with van der Waals surface area (Å²) in [5.41, 5.74) is -0.207. The smallest absolute Gasteiger partial charge is 0.254 e. The van der Waals surface area contributed by atoms with Crippen LogP contribution in [0.2, 0.25) is 0 Å². The number of carbonyl (C=O) groups excluding carboxylic acids is 1. The molecule has 1 aromatic carbocycles. The van der Waals surface area contributed by atoms with E-state index in [0.29, 0.717) is 24.0 Å². The lowest BCUT2D eigenvalue weighted by Crippen LogP contribution is -2.45. The third kappa shape index (κ3) is 4.03. The summed E-state index contributed by atoms with van der Waals surface area (Å²) in [4.78, 5) is 12.1. The van der Waals surface area contributed by atoms with Crippen molar-refractivity contribution in [2.45, 2.75) is 37.3 Å². The number of furan rings is 1. The first-order valence-electron chi connectivity index (χ1n) is 7.88. The van der Waals surface area contributed by atoms with Gasteiger partial charge in [-0.3, -0.25) is 4.79 Å². The molecule has 1 amide bonds. The molecule has 0 spiro atoms. The van der Waals surface area contributed by atoms with Gasteiger partial charge in [0.1, 0.15) is 17.7 Å². The summed E-state index contributed by atoms with van der Waals surface area (Å²) in [6.07, 6.45) is 5.25. The van der Waals surface area contributed by atoms with Gasteiger partial charge < -0.3 is 14.8 Å². The van der Waals surface area contributed by atoms with Gasteiger partial charge in [-0.15, -0.1) is 0 Å². The van der Waals surface area contributed by atoms with Gasteiger partial charge in [0.15, 0.2) is 0 Å². The molecular weight excluding hydrogens is 309 g/mol. The lowest BCUT2D eigenvalue weighted by atomic mass is 9.82. The second-order valence-corrected chi connectivity index (χ2v) is 6.07. The Balaban J connectivity index is 1.67. The first-order chi connectivity index (χ1) is 11.5. The fraction of sp³-hybridized carbons (Fsp3) is 0.316. The van der Waals surface area contributed by atoms with Gasteiger partial charge in [0.2, 0.25) is 0 Å². The lowest BCUT2D eigenvalue weighted by Gasteiger charge is -2.33. The molecule has 3 rings (SSSR count). The van der Waals surface area contributed by atoms with Gasteiger partial charge in [0, 0.05) is 18.0 Å². The second kappa shape index (κ2) is 6.90. The number of hydrogen-bond donors (Lipinski definition) is 2. The number of aliphatic hydroxyl groups is 1. The Bertz CT molecular complexity index is 775. The molecule has 1 saturated carbocycles. The summed E-state index contributed by atoms with van der Waals surface area (Å²) in [5.74, 6) is 5.09. The Morgan fingerprint density at radius 1 is 1.42 bits per heavy atom. The lowest BCUT2D eigenvalue weighted by molar-refractivity contribution is 0.0452. The van der Waals surface area contributed by atoms with Crippen LogP contribution in [0.1, 0.15) is 41.6 Å². The average Bonchev–Trinajstić information content (AvgIpc) is 3.08. The summed E-state index contributed by atoms with van der Waals surface area (Å²) in [6, 6.07) is 7.39. The molecule has 2 atom stereocenters. The van der Waals surface area contributed by atoms with Gasteiger partial charge in [-0.2, -0.15) is 0 Å². The standard InChI is InChI=1S/C19H18FNO3/c20-16-4-1-3-14(11-16)6-9-19(23)8-2-5-17(12-19)21-18(22)15-7-10-24-13-15/h1,3-4,7,10-11,13,17,23H,2,5,8,12H2,(H,21,22)/t17-,19?/m1/s1. The van der Waals surface area contributed by atoms with E-state index >= 15 is 0 Å². The van der Waals surface area contributed by atoms with E-state index in [1.165, 1.54) is 24.7 Å². The van der Waals surface area contributed by atoms with Gasteiger partial charge in [0.25, 0.3) is 5.91 Å². The van der Waals surface area contributed by atoms with Crippen LogP contribution in [-0.2, 0) is 0 Å². The van der Waals surface area contributed by atoms with E-state index in [0.717, 1.165) is 12.8 Å². The van der Waals surface area contributed by atoms with Crippen molar-refractivity contribution in [3.63, 3.8) is 0 Å². The van der Waals surface area contributed by atoms with Crippen LogP contribution < -0.4 is 5.32 Å². The van der Waals surface area contributed by atoms with E-state index in [9.17, 15) is 14.3 Å². The molecule has 1 unspecified atom stereocenters. The number of amides is 1. The SMILES string of the molecule is O=C(N[C@@H]1CCCC(O)(C#Cc2cccc(F)c2)C1)c1ccoc1. The summed E-state index contributed by atoms with van der Waals surface area (Å²) in [6.45, 7) is 0. The van der Waals surface area contributed by atoms with Crippen molar-refractivity contribution in [2.75, 3.05) is 0 Å². The predicted octanol–water partition coefficient (Wildman–Crippen LogP) is 2.87. The van der Waals surface area contributed by atoms with E-state index in [1.54, 1.807) is 18.2 Å². The van der Waals surface area contributed by atoms with E-state index < -0.39 is 5.60 Å². The molecule has 1 aromatic heterocycles. The topological polar surface area (TPSA) is 62.5 Å². The fourth-order valence-corrected chi connectivity index (χ4v) is 2.91. The number of halogens is 1. The van der Waals surface area contributed by atoms with Crippen LogP contribution in [0.15, 0.2) is 47.3 Å². The Labute approximate surface area is 139 Å². The number of rotatable bonds is 2. The van der Waals surface area contributed by atoms with Gasteiger partial charge >= 0.3 is 0 Å². The summed E-state index contributed by atoms with van der Waals surface area (Å²) >= 11 is 0. The first-order valence-corrected chi connectivity index (χ1v) is 7.88. The van der Waals surface area contributed by atoms with Crippen molar-refractivity contribution in [3.8, 4) is 11.8 Å². The molecule has 124 valence electrons. The van der Waals surface area contributed by atoms with E-state index in [4.69, 9.17) is 4.42 Å². The minimum absolute atomic E-state index is 0.159. The largest absolute Gasteiger partial charge is 0.472 e. The molecule has 1 aliphatic carbocycles. The Kier molecular flexibility index (Phi) is 4.68. The Morgan fingerprint density at radius 3 is 3.04 bits per heavy atom. The number of hydrogen-bond acceptors (Lipinski definition) is 3. The number of benzene rings is 1. The second-order valence-electron chi connectivity index (χ2n) is 6.07. The molecule has 0 bridgehead atoms. The van der Waals surface area contributed by atoms with Crippen LogP contribution in [0.3, 0.4) is 0 Å². The van der Waals surface area contributed by atoms with E-state index in [-0.39, 0.29) is 17.8 Å². The molecule has 1 aliphatic rings. The van der Waals surface area contributed by atoms with Crippen molar-refractivity contribution < 1.29 is 18.7 Å². The predicted molar refractivity (Wildman–Crippen MR) is 86.7 cm³/mol. The van der Waals surface area contributed by atoms with E-state index in [1.807, 2.05) is 0 Å². The Hall–Kier alpha value is -2.58. The summed E-state index contributed by atoms with van der Waals surface area (Å²) < 4.78 is 18.1. The van der Waals surface area contributed by atoms with Crippen molar-refractivity contribution in [3.05, 3.63) is 59.8 Å². The zero-order valence-electron chi connectivity index (χ0n) is 13.1. The quantitative estimate of drug-likeness (QED) is 0.834. The molecule has 5 heteroatoms. The third-order valence-electron chi connectivity index (χ3n) is 4.11. The third-order valence-corrected chi connectivity index (χ3v) is 4.11. The van der Waals surface area contributed by atoms with Crippen LogP contribution >= 0.6 is 0 Å². The van der Waals surface area contributed by atoms with E-state index in [2.05, 4.69) is 17.2 Å². The zero-order chi connectivity index (χ0) is 17.0. The van der Waals surface area contributed by atoms with Crippen molar-refractivity contribution >= 4 is 5.91 Å². The zero-order valence-corrected chi connectivity index (χ0v) is 13.1. The molecule has 0 aliphatic heterocycles. The van der Waals surface area contributed by atoms with Crippen LogP contribution in [0.4, 0.5) is 4.39 Å². The fourth-order valence-electron chi connectivity index (χ4n) is 2.91. The molecule has 24 heavy (non-hydrogen) atoms. The highest BCUT2D eigenvalue weighted by atomic mass is 19.1. The number of nitrogens with one attached hydrogen (secondary N) is 1. The van der Waals surface area contributed by atoms with Gasteiger partial charge in [0.05, 0.1) is 11.8 Å².